The van der Waals surface area contributed by atoms with Crippen molar-refractivity contribution in [2.24, 2.45) is 0 Å². The minimum absolute atomic E-state index is 0.0239. The van der Waals surface area contributed by atoms with Gasteiger partial charge in [0.1, 0.15) is 0 Å². The van der Waals surface area contributed by atoms with Gasteiger partial charge >= 0.3 is 0 Å². The van der Waals surface area contributed by atoms with Crippen LogP contribution in [0.15, 0.2) is 55.0 Å². The zero-order valence-corrected chi connectivity index (χ0v) is 15.4. The lowest BCUT2D eigenvalue weighted by molar-refractivity contribution is -0.200. The van der Waals surface area contributed by atoms with Gasteiger partial charge in [0.25, 0.3) is 0 Å². The molecule has 1 spiro atoms. The summed E-state index contributed by atoms with van der Waals surface area (Å²) in [5.41, 5.74) is 3.70. The van der Waals surface area contributed by atoms with E-state index in [0.29, 0.717) is 6.61 Å². The summed E-state index contributed by atoms with van der Waals surface area (Å²) in [7, 11) is 0. The van der Waals surface area contributed by atoms with E-state index < -0.39 is 0 Å². The molecule has 1 unspecified atom stereocenters. The highest BCUT2D eigenvalue weighted by Crippen LogP contribution is 2.36. The number of aromatic amines is 1. The molecule has 5 nitrogen and oxygen atoms in total. The van der Waals surface area contributed by atoms with E-state index >= 15 is 0 Å². The number of hydrogen-bond acceptors (Lipinski definition) is 4. The second kappa shape index (κ2) is 7.08. The van der Waals surface area contributed by atoms with Crippen molar-refractivity contribution in [3.8, 4) is 0 Å². The average Bonchev–Trinajstić information content (AvgIpc) is 3.16. The molecule has 5 rings (SSSR count). The summed E-state index contributed by atoms with van der Waals surface area (Å²) in [4.78, 5) is 9.93. The van der Waals surface area contributed by atoms with E-state index in [0.717, 1.165) is 44.6 Å². The minimum Gasteiger partial charge on any atom is -0.373 e. The van der Waals surface area contributed by atoms with Crippen LogP contribution in [-0.4, -0.2) is 46.3 Å². The van der Waals surface area contributed by atoms with E-state index in [2.05, 4.69) is 45.2 Å². The number of fused-ring (bicyclic) bond motifs is 1. The number of nitrogens with zero attached hydrogens (tertiary/aromatic N) is 2. The van der Waals surface area contributed by atoms with Crippen molar-refractivity contribution < 1.29 is 9.47 Å². The monoisotopic (exact) mass is 363 g/mol. The Labute approximate surface area is 159 Å². The molecule has 2 aliphatic heterocycles. The molecule has 0 aliphatic carbocycles. The molecule has 1 aromatic carbocycles. The molecule has 2 fully saturated rings. The first-order chi connectivity index (χ1) is 13.3. The van der Waals surface area contributed by atoms with Gasteiger partial charge in [-0.05, 0) is 35.7 Å². The third kappa shape index (κ3) is 3.50. The number of nitrogens with one attached hydrogen (secondary N) is 1. The van der Waals surface area contributed by atoms with Crippen molar-refractivity contribution in [3.63, 3.8) is 0 Å². The topological polar surface area (TPSA) is 50.4 Å². The van der Waals surface area contributed by atoms with E-state index in [-0.39, 0.29) is 11.7 Å². The molecule has 3 aromatic rings. The van der Waals surface area contributed by atoms with Gasteiger partial charge in [-0.25, -0.2) is 0 Å². The van der Waals surface area contributed by atoms with E-state index in [1.807, 2.05) is 18.5 Å². The molecular formula is C22H25N3O2. The van der Waals surface area contributed by atoms with Crippen molar-refractivity contribution in [1.82, 2.24) is 14.9 Å². The Balaban J connectivity index is 1.17. The van der Waals surface area contributed by atoms with Crippen molar-refractivity contribution in [2.45, 2.75) is 37.7 Å². The molecule has 140 valence electrons. The van der Waals surface area contributed by atoms with Crippen molar-refractivity contribution in [2.75, 3.05) is 19.7 Å². The number of pyridine rings is 1. The molecule has 0 saturated carbocycles. The summed E-state index contributed by atoms with van der Waals surface area (Å²) in [6.07, 6.45) is 7.92. The van der Waals surface area contributed by atoms with Crippen molar-refractivity contribution in [3.05, 3.63) is 66.1 Å². The Kier molecular flexibility index (Phi) is 4.44. The number of ether oxygens (including phenoxy) is 2. The maximum Gasteiger partial charge on any atom is 0.0959 e. The molecule has 2 aromatic heterocycles. The largest absolute Gasteiger partial charge is 0.373 e. The first-order valence-corrected chi connectivity index (χ1v) is 9.72. The van der Waals surface area contributed by atoms with Crippen LogP contribution in [-0.2, 0) is 22.6 Å². The maximum absolute atomic E-state index is 6.18. The van der Waals surface area contributed by atoms with Gasteiger partial charge in [0.15, 0.2) is 0 Å². The Morgan fingerprint density at radius 3 is 3.07 bits per heavy atom. The van der Waals surface area contributed by atoms with Crippen LogP contribution in [0, 0.1) is 0 Å². The highest BCUT2D eigenvalue weighted by atomic mass is 16.5. The second-order valence-corrected chi connectivity index (χ2v) is 7.82. The van der Waals surface area contributed by atoms with Crippen LogP contribution in [0.4, 0.5) is 0 Å². The van der Waals surface area contributed by atoms with Crippen LogP contribution in [0.3, 0.4) is 0 Å². The molecule has 5 heteroatoms. The standard InChI is InChI=1S/C22H25N3O2/c1-4-18(20-6-9-24-21(20)5-1)13-25-15-22(16-25)11-19(7-10-27-22)26-14-17-3-2-8-23-12-17/h1-6,8-9,12,19,24H,7,10-11,13-16H2. The first-order valence-electron chi connectivity index (χ1n) is 9.72. The van der Waals surface area contributed by atoms with Gasteiger partial charge in [-0.15, -0.1) is 0 Å². The van der Waals surface area contributed by atoms with Crippen molar-refractivity contribution >= 4 is 10.9 Å². The molecule has 2 aliphatic rings. The lowest BCUT2D eigenvalue weighted by Crippen LogP contribution is -2.65. The highest BCUT2D eigenvalue weighted by molar-refractivity contribution is 5.82. The van der Waals surface area contributed by atoms with Gasteiger partial charge in [-0.1, -0.05) is 18.2 Å². The summed E-state index contributed by atoms with van der Waals surface area (Å²) >= 11 is 0. The normalized spacial score (nSPS) is 22.1. The third-order valence-corrected chi connectivity index (χ3v) is 5.76. The molecule has 0 bridgehead atoms. The lowest BCUT2D eigenvalue weighted by atomic mass is 9.84. The van der Waals surface area contributed by atoms with Crippen LogP contribution < -0.4 is 0 Å². The Hall–Kier alpha value is -2.21. The SMILES string of the molecule is c1cncc(COC2CCOC3(C2)CN(Cc2cccc4[nH]ccc24)C3)c1. The van der Waals surface area contributed by atoms with E-state index in [4.69, 9.17) is 9.47 Å². The Bertz CT molecular complexity index is 902. The summed E-state index contributed by atoms with van der Waals surface area (Å²) in [5, 5.41) is 1.32. The number of likely N-dealkylation sites (tertiary alicyclic amines) is 1. The average molecular weight is 363 g/mol. The van der Waals surface area contributed by atoms with Crippen LogP contribution in [0.1, 0.15) is 24.0 Å². The molecule has 0 amide bonds. The van der Waals surface area contributed by atoms with Crippen molar-refractivity contribution in [1.29, 1.82) is 0 Å². The van der Waals surface area contributed by atoms with E-state index in [9.17, 15) is 0 Å². The zero-order chi connectivity index (χ0) is 18.1. The fraction of sp³-hybridized carbons (Fsp3) is 0.409. The number of hydrogen-bond donors (Lipinski definition) is 1. The van der Waals surface area contributed by atoms with Gasteiger partial charge in [0.2, 0.25) is 0 Å². The minimum atomic E-state index is -0.0239. The predicted molar refractivity (Wildman–Crippen MR) is 104 cm³/mol. The molecular weight excluding hydrogens is 338 g/mol. The van der Waals surface area contributed by atoms with Gasteiger partial charge in [0.05, 0.1) is 18.3 Å². The smallest absolute Gasteiger partial charge is 0.0959 e. The summed E-state index contributed by atoms with van der Waals surface area (Å²) in [5.74, 6) is 0. The molecule has 4 heterocycles. The van der Waals surface area contributed by atoms with Gasteiger partial charge < -0.3 is 14.5 Å². The van der Waals surface area contributed by atoms with E-state index in [1.165, 1.54) is 16.5 Å². The maximum atomic E-state index is 6.18. The van der Waals surface area contributed by atoms with Gasteiger partial charge in [0, 0.05) is 62.2 Å². The second-order valence-electron chi connectivity index (χ2n) is 7.82. The number of aromatic nitrogens is 2. The quantitative estimate of drug-likeness (QED) is 0.754. The number of H-pyrrole nitrogens is 1. The first kappa shape index (κ1) is 16.9. The van der Waals surface area contributed by atoms with Gasteiger partial charge in [-0.3, -0.25) is 9.88 Å². The number of benzene rings is 1. The molecule has 1 N–H and O–H groups in total. The Morgan fingerprint density at radius 2 is 2.19 bits per heavy atom. The molecule has 2 saturated heterocycles. The zero-order valence-electron chi connectivity index (χ0n) is 15.4. The molecule has 0 radical (unpaired) electrons. The van der Waals surface area contributed by atoms with Crippen LogP contribution in [0.2, 0.25) is 0 Å². The predicted octanol–water partition coefficient (Wildman–Crippen LogP) is 3.51. The van der Waals surface area contributed by atoms with Crippen LogP contribution >= 0.6 is 0 Å². The van der Waals surface area contributed by atoms with E-state index in [1.54, 1.807) is 6.20 Å². The summed E-state index contributed by atoms with van der Waals surface area (Å²) in [6.45, 7) is 4.37. The molecule has 1 atom stereocenters. The van der Waals surface area contributed by atoms with Crippen LogP contribution in [0.5, 0.6) is 0 Å². The third-order valence-electron chi connectivity index (χ3n) is 5.76. The fourth-order valence-corrected chi connectivity index (χ4v) is 4.45. The summed E-state index contributed by atoms with van der Waals surface area (Å²) in [6, 6.07) is 12.7. The molecule has 27 heavy (non-hydrogen) atoms. The highest BCUT2D eigenvalue weighted by Gasteiger charge is 2.47. The van der Waals surface area contributed by atoms with Crippen LogP contribution in [0.25, 0.3) is 10.9 Å². The number of rotatable bonds is 5. The van der Waals surface area contributed by atoms with Gasteiger partial charge in [-0.2, -0.15) is 0 Å². The lowest BCUT2D eigenvalue weighted by Gasteiger charge is -2.53. The fourth-order valence-electron chi connectivity index (χ4n) is 4.45. The Morgan fingerprint density at radius 1 is 1.22 bits per heavy atom. The summed E-state index contributed by atoms with van der Waals surface area (Å²) < 4.78 is 12.3.